The summed E-state index contributed by atoms with van der Waals surface area (Å²) in [7, 11) is 0. The number of fused-ring (bicyclic) bond motifs is 1. The Kier molecular flexibility index (Phi) is 5.09. The molecular weight excluding hydrogens is 299 g/mol. The Morgan fingerprint density at radius 3 is 2.63 bits per heavy atom. The smallest absolute Gasteiger partial charge is 0.0637 e. The van der Waals surface area contributed by atoms with E-state index in [4.69, 9.17) is 17.3 Å². The van der Waals surface area contributed by atoms with E-state index in [1.165, 1.54) is 15.0 Å². The van der Waals surface area contributed by atoms with Gasteiger partial charge in [-0.3, -0.25) is 4.90 Å². The van der Waals surface area contributed by atoms with Gasteiger partial charge in [-0.2, -0.15) is 0 Å². The lowest BCUT2D eigenvalue weighted by atomic mass is 10.1. The van der Waals surface area contributed by atoms with Gasteiger partial charge in [-0.05, 0) is 32.0 Å². The lowest BCUT2D eigenvalue weighted by Gasteiger charge is -2.29. The fraction of sp³-hybridized carbons (Fsp3) is 0.429. The summed E-state index contributed by atoms with van der Waals surface area (Å²) in [6.07, 6.45) is 2.20. The summed E-state index contributed by atoms with van der Waals surface area (Å²) in [5.74, 6) is 0. The zero-order valence-corrected chi connectivity index (χ0v) is 13.0. The molecule has 0 bridgehead atoms. The molecule has 0 saturated carbocycles. The molecule has 1 fully saturated rings. The van der Waals surface area contributed by atoms with Gasteiger partial charge >= 0.3 is 0 Å². The molecule has 0 amide bonds. The van der Waals surface area contributed by atoms with Gasteiger partial charge in [0.05, 0.1) is 5.02 Å². The summed E-state index contributed by atoms with van der Waals surface area (Å²) < 4.78 is 1.28. The van der Waals surface area contributed by atoms with E-state index in [1.54, 1.807) is 0 Å². The van der Waals surface area contributed by atoms with Crippen molar-refractivity contribution in [2.45, 2.75) is 25.4 Å². The van der Waals surface area contributed by atoms with Crippen molar-refractivity contribution in [3.8, 4) is 0 Å². The molecule has 104 valence electrons. The molecule has 0 unspecified atom stereocenters. The van der Waals surface area contributed by atoms with Gasteiger partial charge in [0.25, 0.3) is 0 Å². The molecule has 1 aliphatic rings. The van der Waals surface area contributed by atoms with Crippen molar-refractivity contribution < 1.29 is 0 Å². The zero-order valence-electron chi connectivity index (χ0n) is 10.6. The van der Waals surface area contributed by atoms with Gasteiger partial charge in [0.2, 0.25) is 0 Å². The van der Waals surface area contributed by atoms with Crippen LogP contribution in [0.4, 0.5) is 0 Å². The van der Waals surface area contributed by atoms with Crippen molar-refractivity contribution in [1.82, 2.24) is 4.90 Å². The van der Waals surface area contributed by atoms with Crippen LogP contribution in [0.1, 0.15) is 17.7 Å². The van der Waals surface area contributed by atoms with Crippen LogP contribution in [0.5, 0.6) is 0 Å². The van der Waals surface area contributed by atoms with Gasteiger partial charge in [0.15, 0.2) is 0 Å². The number of thiophene rings is 1. The Morgan fingerprint density at radius 1 is 1.26 bits per heavy atom. The molecule has 0 radical (unpaired) electrons. The number of likely N-dealkylation sites (tertiary alicyclic amines) is 1. The molecule has 2 nitrogen and oxygen atoms in total. The minimum absolute atomic E-state index is 0. The number of hydrogen-bond donors (Lipinski definition) is 1. The van der Waals surface area contributed by atoms with Crippen LogP contribution in [-0.4, -0.2) is 24.0 Å². The van der Waals surface area contributed by atoms with Crippen LogP contribution in [-0.2, 0) is 6.54 Å². The lowest BCUT2D eigenvalue weighted by Crippen LogP contribution is -2.39. The molecule has 5 heteroatoms. The van der Waals surface area contributed by atoms with E-state index in [0.717, 1.165) is 37.5 Å². The highest BCUT2D eigenvalue weighted by Gasteiger charge is 2.18. The Balaban J connectivity index is 0.00000133. The molecule has 1 aromatic carbocycles. The molecule has 2 N–H and O–H groups in total. The zero-order chi connectivity index (χ0) is 12.5. The highest BCUT2D eigenvalue weighted by atomic mass is 35.5. The van der Waals surface area contributed by atoms with Crippen molar-refractivity contribution in [3.63, 3.8) is 0 Å². The van der Waals surface area contributed by atoms with Gasteiger partial charge in [-0.1, -0.05) is 29.8 Å². The van der Waals surface area contributed by atoms with E-state index in [9.17, 15) is 0 Å². The van der Waals surface area contributed by atoms with Crippen LogP contribution in [0.25, 0.3) is 10.1 Å². The second-order valence-electron chi connectivity index (χ2n) is 4.95. The standard InChI is InChI=1S/C14H17ClN2S.ClH/c15-14-11-3-1-2-4-12(11)18-13(14)9-17-7-5-10(16)6-8-17;/h1-4,10H,5-9,16H2;1H. The number of nitrogens with zero attached hydrogens (tertiary/aromatic N) is 1. The Bertz CT molecular complexity index is 547. The molecule has 19 heavy (non-hydrogen) atoms. The fourth-order valence-electron chi connectivity index (χ4n) is 2.48. The van der Waals surface area contributed by atoms with Gasteiger partial charge in [-0.25, -0.2) is 0 Å². The highest BCUT2D eigenvalue weighted by Crippen LogP contribution is 2.36. The predicted molar refractivity (Wildman–Crippen MR) is 86.6 cm³/mol. The second kappa shape index (κ2) is 6.42. The summed E-state index contributed by atoms with van der Waals surface area (Å²) in [6, 6.07) is 8.74. The minimum atomic E-state index is 0. The Labute approximate surface area is 128 Å². The molecule has 1 aromatic heterocycles. The van der Waals surface area contributed by atoms with Crippen LogP contribution in [0.15, 0.2) is 24.3 Å². The van der Waals surface area contributed by atoms with Crippen LogP contribution in [0.3, 0.4) is 0 Å². The average molecular weight is 317 g/mol. The van der Waals surface area contributed by atoms with Crippen molar-refractivity contribution in [3.05, 3.63) is 34.2 Å². The fourth-order valence-corrected chi connectivity index (χ4v) is 4.02. The lowest BCUT2D eigenvalue weighted by molar-refractivity contribution is 0.207. The summed E-state index contributed by atoms with van der Waals surface area (Å²) in [6.45, 7) is 3.14. The third-order valence-electron chi connectivity index (χ3n) is 3.60. The minimum Gasteiger partial charge on any atom is -0.328 e. The molecule has 3 rings (SSSR count). The first-order chi connectivity index (χ1) is 8.74. The topological polar surface area (TPSA) is 29.3 Å². The van der Waals surface area contributed by atoms with E-state index in [-0.39, 0.29) is 12.4 Å². The second-order valence-corrected chi connectivity index (χ2v) is 6.46. The first-order valence-electron chi connectivity index (χ1n) is 6.38. The molecule has 0 aliphatic carbocycles. The highest BCUT2D eigenvalue weighted by molar-refractivity contribution is 7.19. The van der Waals surface area contributed by atoms with Gasteiger partial charge in [-0.15, -0.1) is 23.7 Å². The van der Waals surface area contributed by atoms with Crippen LogP contribution < -0.4 is 5.73 Å². The summed E-state index contributed by atoms with van der Waals surface area (Å²) in [5, 5.41) is 2.12. The molecule has 1 aliphatic heterocycles. The monoisotopic (exact) mass is 316 g/mol. The van der Waals surface area contributed by atoms with Gasteiger partial charge < -0.3 is 5.73 Å². The largest absolute Gasteiger partial charge is 0.328 e. The molecular formula is C14H18Cl2N2S. The Hall–Kier alpha value is -0.320. The normalized spacial score (nSPS) is 17.6. The Morgan fingerprint density at radius 2 is 1.95 bits per heavy atom. The maximum Gasteiger partial charge on any atom is 0.0637 e. The maximum atomic E-state index is 6.46. The third kappa shape index (κ3) is 3.23. The first-order valence-corrected chi connectivity index (χ1v) is 7.57. The van der Waals surface area contributed by atoms with E-state index in [0.29, 0.717) is 6.04 Å². The SMILES string of the molecule is Cl.NC1CCN(Cc2sc3ccccc3c2Cl)CC1. The molecule has 0 spiro atoms. The van der Waals surface area contributed by atoms with Crippen LogP contribution in [0.2, 0.25) is 5.02 Å². The van der Waals surface area contributed by atoms with Crippen molar-refractivity contribution in [1.29, 1.82) is 0 Å². The number of benzene rings is 1. The third-order valence-corrected chi connectivity index (χ3v) is 5.30. The predicted octanol–water partition coefficient (Wildman–Crippen LogP) is 3.90. The number of piperidine rings is 1. The van der Waals surface area contributed by atoms with Gasteiger partial charge in [0.1, 0.15) is 0 Å². The summed E-state index contributed by atoms with van der Waals surface area (Å²) in [4.78, 5) is 3.74. The molecule has 2 heterocycles. The van der Waals surface area contributed by atoms with Gasteiger partial charge in [0, 0.05) is 27.5 Å². The number of nitrogens with two attached hydrogens (primary N) is 1. The van der Waals surface area contributed by atoms with Crippen LogP contribution in [0, 0.1) is 0 Å². The van der Waals surface area contributed by atoms with E-state index < -0.39 is 0 Å². The first kappa shape index (κ1) is 15.1. The molecule has 0 atom stereocenters. The van der Waals surface area contributed by atoms with E-state index in [2.05, 4.69) is 23.1 Å². The molecule has 2 aromatic rings. The van der Waals surface area contributed by atoms with E-state index in [1.807, 2.05) is 17.4 Å². The van der Waals surface area contributed by atoms with Crippen molar-refractivity contribution >= 4 is 45.4 Å². The maximum absolute atomic E-state index is 6.46. The van der Waals surface area contributed by atoms with Crippen molar-refractivity contribution in [2.75, 3.05) is 13.1 Å². The number of rotatable bonds is 2. The van der Waals surface area contributed by atoms with Crippen molar-refractivity contribution in [2.24, 2.45) is 5.73 Å². The number of hydrogen-bond acceptors (Lipinski definition) is 3. The molecule has 1 saturated heterocycles. The summed E-state index contributed by atoms with van der Waals surface area (Å²) in [5.41, 5.74) is 5.93. The average Bonchev–Trinajstić information content (AvgIpc) is 2.70. The van der Waals surface area contributed by atoms with Crippen LogP contribution >= 0.6 is 35.3 Å². The summed E-state index contributed by atoms with van der Waals surface area (Å²) >= 11 is 8.28. The quantitative estimate of drug-likeness (QED) is 0.910. The number of halogens is 2. The van der Waals surface area contributed by atoms with E-state index >= 15 is 0 Å².